The maximum Gasteiger partial charge on any atom is 0.188 e. The predicted molar refractivity (Wildman–Crippen MR) is 87.7 cm³/mol. The van der Waals surface area contributed by atoms with Crippen LogP contribution in [0.25, 0.3) is 0 Å². The number of tetrazole rings is 1. The van der Waals surface area contributed by atoms with E-state index in [1.54, 1.807) is 11.3 Å². The first kappa shape index (κ1) is 15.2. The van der Waals surface area contributed by atoms with Crippen LogP contribution < -0.4 is 0 Å². The minimum atomic E-state index is 0.540. The number of rotatable bonds is 5. The summed E-state index contributed by atoms with van der Waals surface area (Å²) in [5.74, 6) is 0.830. The van der Waals surface area contributed by atoms with Crippen molar-refractivity contribution in [1.29, 1.82) is 0 Å². The highest BCUT2D eigenvalue weighted by atomic mass is 32.1. The Hall–Kier alpha value is -1.38. The van der Waals surface area contributed by atoms with E-state index in [0.29, 0.717) is 5.41 Å². The summed E-state index contributed by atoms with van der Waals surface area (Å²) in [6, 6.07) is 0.725. The van der Waals surface area contributed by atoms with Gasteiger partial charge in [0.15, 0.2) is 5.82 Å². The molecule has 2 aliphatic rings. The second-order valence-corrected chi connectivity index (χ2v) is 7.87. The van der Waals surface area contributed by atoms with E-state index in [0.717, 1.165) is 38.0 Å². The molecular formula is C15H23N7S. The summed E-state index contributed by atoms with van der Waals surface area (Å²) in [5, 5.41) is 15.6. The molecule has 1 aliphatic heterocycles. The van der Waals surface area contributed by atoms with E-state index in [1.807, 2.05) is 13.2 Å². The molecule has 2 aromatic rings. The van der Waals surface area contributed by atoms with Crippen LogP contribution in [0.4, 0.5) is 0 Å². The lowest BCUT2D eigenvalue weighted by molar-refractivity contribution is 0.137. The van der Waals surface area contributed by atoms with Crippen LogP contribution in [-0.4, -0.2) is 61.2 Å². The quantitative estimate of drug-likeness (QED) is 0.818. The molecule has 124 valence electrons. The Labute approximate surface area is 140 Å². The van der Waals surface area contributed by atoms with Crippen molar-refractivity contribution in [2.24, 2.45) is 12.5 Å². The molecule has 0 aromatic carbocycles. The molecule has 1 atom stereocenters. The van der Waals surface area contributed by atoms with Crippen LogP contribution >= 0.6 is 11.3 Å². The molecule has 4 rings (SSSR count). The molecule has 0 amide bonds. The summed E-state index contributed by atoms with van der Waals surface area (Å²) in [6.45, 7) is 4.08. The normalized spacial score (nSPS) is 23.7. The minimum Gasteiger partial charge on any atom is -0.296 e. The lowest BCUT2D eigenvalue weighted by atomic mass is 9.92. The van der Waals surface area contributed by atoms with Gasteiger partial charge in [0.25, 0.3) is 0 Å². The third-order valence-electron chi connectivity index (χ3n) is 5.31. The standard InChI is InChI=1S/C15H23N7S/c1-20(11-14-16-5-8-23-14)12-9-15(12)3-6-22(7-4-15)10-13-17-19-21(2)18-13/h5,8,12H,3-4,6-7,9-11H2,1-2H3. The molecule has 2 fully saturated rings. The maximum absolute atomic E-state index is 4.41. The van der Waals surface area contributed by atoms with Gasteiger partial charge in [0.05, 0.1) is 20.1 Å². The van der Waals surface area contributed by atoms with E-state index in [2.05, 4.69) is 42.6 Å². The molecule has 23 heavy (non-hydrogen) atoms. The Kier molecular flexibility index (Phi) is 3.90. The first-order valence-electron chi connectivity index (χ1n) is 8.18. The van der Waals surface area contributed by atoms with Gasteiger partial charge in [0, 0.05) is 17.6 Å². The molecule has 0 radical (unpaired) electrons. The highest BCUT2D eigenvalue weighted by Crippen LogP contribution is 2.56. The average Bonchev–Trinajstić information content (AvgIpc) is 2.88. The summed E-state index contributed by atoms with van der Waals surface area (Å²) in [5.41, 5.74) is 0.540. The SMILES string of the molecule is CN(Cc1nccs1)C1CC12CCN(Cc1nnn(C)n1)CC2. The highest BCUT2D eigenvalue weighted by Gasteiger charge is 2.56. The topological polar surface area (TPSA) is 63.0 Å². The fourth-order valence-electron chi connectivity index (χ4n) is 3.88. The molecule has 1 aliphatic carbocycles. The molecule has 3 heterocycles. The van der Waals surface area contributed by atoms with Gasteiger partial charge in [-0.3, -0.25) is 9.80 Å². The van der Waals surface area contributed by atoms with Gasteiger partial charge in [-0.1, -0.05) is 0 Å². The van der Waals surface area contributed by atoms with Crippen molar-refractivity contribution in [3.8, 4) is 0 Å². The van der Waals surface area contributed by atoms with Crippen molar-refractivity contribution in [1.82, 2.24) is 35.0 Å². The minimum absolute atomic E-state index is 0.540. The zero-order chi connectivity index (χ0) is 15.9. The van der Waals surface area contributed by atoms with Crippen LogP contribution in [0.15, 0.2) is 11.6 Å². The number of piperidine rings is 1. The molecule has 0 bridgehead atoms. The van der Waals surface area contributed by atoms with Crippen molar-refractivity contribution < 1.29 is 0 Å². The van der Waals surface area contributed by atoms with Gasteiger partial charge >= 0.3 is 0 Å². The van der Waals surface area contributed by atoms with E-state index in [1.165, 1.54) is 29.1 Å². The number of nitrogens with zero attached hydrogens (tertiary/aromatic N) is 7. The Bertz CT molecular complexity index is 645. The van der Waals surface area contributed by atoms with Gasteiger partial charge in [-0.25, -0.2) is 4.98 Å². The second kappa shape index (κ2) is 5.92. The second-order valence-electron chi connectivity index (χ2n) is 6.89. The Balaban J connectivity index is 1.28. The fourth-order valence-corrected chi connectivity index (χ4v) is 4.56. The zero-order valence-corrected chi connectivity index (χ0v) is 14.5. The smallest absolute Gasteiger partial charge is 0.188 e. The number of likely N-dealkylation sites (tertiary alicyclic amines) is 1. The fraction of sp³-hybridized carbons (Fsp3) is 0.733. The first-order valence-corrected chi connectivity index (χ1v) is 9.06. The largest absolute Gasteiger partial charge is 0.296 e. The average molecular weight is 333 g/mol. The molecule has 7 nitrogen and oxygen atoms in total. The molecular weight excluding hydrogens is 310 g/mol. The summed E-state index contributed by atoms with van der Waals surface area (Å²) >= 11 is 1.75. The lowest BCUT2D eigenvalue weighted by Crippen LogP contribution is -2.37. The molecule has 1 saturated carbocycles. The summed E-state index contributed by atoms with van der Waals surface area (Å²) in [6.07, 6.45) is 5.79. The summed E-state index contributed by atoms with van der Waals surface area (Å²) in [4.78, 5) is 10.9. The first-order chi connectivity index (χ1) is 11.1. The van der Waals surface area contributed by atoms with Crippen molar-refractivity contribution in [2.45, 2.75) is 38.4 Å². The van der Waals surface area contributed by atoms with Crippen molar-refractivity contribution in [3.63, 3.8) is 0 Å². The zero-order valence-electron chi connectivity index (χ0n) is 13.7. The molecule has 0 N–H and O–H groups in total. The number of aryl methyl sites for hydroxylation is 1. The van der Waals surface area contributed by atoms with Crippen LogP contribution in [0.5, 0.6) is 0 Å². The van der Waals surface area contributed by atoms with Crippen molar-refractivity contribution in [3.05, 3.63) is 22.4 Å². The van der Waals surface area contributed by atoms with Crippen LogP contribution in [0.3, 0.4) is 0 Å². The van der Waals surface area contributed by atoms with Gasteiger partial charge in [-0.2, -0.15) is 4.80 Å². The third-order valence-corrected chi connectivity index (χ3v) is 6.08. The van der Waals surface area contributed by atoms with Gasteiger partial charge in [-0.15, -0.1) is 21.5 Å². The summed E-state index contributed by atoms with van der Waals surface area (Å²) in [7, 11) is 4.06. The molecule has 2 aromatic heterocycles. The highest BCUT2D eigenvalue weighted by molar-refractivity contribution is 7.09. The number of thiazole rings is 1. The van der Waals surface area contributed by atoms with Crippen LogP contribution in [-0.2, 0) is 20.1 Å². The Morgan fingerprint density at radius 1 is 1.39 bits per heavy atom. The van der Waals surface area contributed by atoms with Gasteiger partial charge in [0.2, 0.25) is 0 Å². The van der Waals surface area contributed by atoms with Crippen molar-refractivity contribution in [2.75, 3.05) is 20.1 Å². The van der Waals surface area contributed by atoms with E-state index >= 15 is 0 Å². The number of aromatic nitrogens is 5. The predicted octanol–water partition coefficient (Wildman–Crippen LogP) is 1.15. The van der Waals surface area contributed by atoms with Gasteiger partial charge < -0.3 is 0 Å². The van der Waals surface area contributed by atoms with Crippen LogP contribution in [0.1, 0.15) is 30.1 Å². The van der Waals surface area contributed by atoms with E-state index in [4.69, 9.17) is 0 Å². The van der Waals surface area contributed by atoms with E-state index in [-0.39, 0.29) is 0 Å². The van der Waals surface area contributed by atoms with Gasteiger partial charge in [0.1, 0.15) is 5.01 Å². The molecule has 1 saturated heterocycles. The number of hydrogen-bond acceptors (Lipinski definition) is 7. The molecule has 1 unspecified atom stereocenters. The Morgan fingerprint density at radius 3 is 2.87 bits per heavy atom. The third kappa shape index (κ3) is 3.15. The van der Waals surface area contributed by atoms with Crippen LogP contribution in [0, 0.1) is 5.41 Å². The molecule has 1 spiro atoms. The van der Waals surface area contributed by atoms with Gasteiger partial charge in [-0.05, 0) is 50.0 Å². The summed E-state index contributed by atoms with van der Waals surface area (Å²) < 4.78 is 0. The molecule has 8 heteroatoms. The van der Waals surface area contributed by atoms with Crippen molar-refractivity contribution >= 4 is 11.3 Å². The van der Waals surface area contributed by atoms with E-state index < -0.39 is 0 Å². The Morgan fingerprint density at radius 2 is 2.22 bits per heavy atom. The van der Waals surface area contributed by atoms with E-state index in [9.17, 15) is 0 Å². The lowest BCUT2D eigenvalue weighted by Gasteiger charge is -2.33. The van der Waals surface area contributed by atoms with Crippen LogP contribution in [0.2, 0.25) is 0 Å². The maximum atomic E-state index is 4.41. The number of hydrogen-bond donors (Lipinski definition) is 0. The monoisotopic (exact) mass is 333 g/mol.